The number of alkyl halides is 3. The molecule has 2 aromatic carbocycles. The molecule has 3 heterocycles. The number of aromatic nitrogens is 2. The normalized spacial score (nSPS) is 18.4. The second-order valence-corrected chi connectivity index (χ2v) is 8.79. The molecule has 7 nitrogen and oxygen atoms in total. The molecule has 2 aliphatic rings. The highest BCUT2D eigenvalue weighted by molar-refractivity contribution is 6.20. The quantitative estimate of drug-likeness (QED) is 0.516. The first-order valence-corrected chi connectivity index (χ1v) is 11.2. The zero-order valence-electron chi connectivity index (χ0n) is 18.0. The number of rotatable bonds is 5. The number of nitrogens with zero attached hydrogens (tertiary/aromatic N) is 3. The van der Waals surface area contributed by atoms with Crippen molar-refractivity contribution in [2.45, 2.75) is 38.0 Å². The van der Waals surface area contributed by atoms with Crippen LogP contribution in [0.4, 0.5) is 20.2 Å². The summed E-state index contributed by atoms with van der Waals surface area (Å²) < 4.78 is 37.8. The molecule has 1 N–H and O–H groups in total. The molecule has 174 valence electrons. The van der Waals surface area contributed by atoms with E-state index in [0.717, 1.165) is 48.5 Å². The molecule has 1 amide bonds. The van der Waals surface area contributed by atoms with E-state index in [1.807, 2.05) is 6.07 Å². The van der Waals surface area contributed by atoms with Gasteiger partial charge >= 0.3 is 5.57 Å². The molecule has 2 aliphatic heterocycles. The van der Waals surface area contributed by atoms with Gasteiger partial charge in [-0.05, 0) is 56.2 Å². The van der Waals surface area contributed by atoms with Gasteiger partial charge in [-0.1, -0.05) is 0 Å². The lowest BCUT2D eigenvalue weighted by atomic mass is 10.1. The molecule has 0 saturated carbocycles. The molecule has 33 heavy (non-hydrogen) atoms. The molecule has 0 bridgehead atoms. The zero-order valence-corrected chi connectivity index (χ0v) is 18.7. The van der Waals surface area contributed by atoms with E-state index >= 15 is 0 Å². The second kappa shape index (κ2) is 8.46. The van der Waals surface area contributed by atoms with Crippen LogP contribution in [0.25, 0.3) is 11.0 Å². The largest absolute Gasteiger partial charge is 0.487 e. The molecule has 0 radical (unpaired) electrons. The van der Waals surface area contributed by atoms with Crippen LogP contribution in [0.1, 0.15) is 42.0 Å². The average Bonchev–Trinajstić information content (AvgIpc) is 3.41. The smallest absolute Gasteiger partial charge is 0.420 e. The van der Waals surface area contributed by atoms with E-state index in [2.05, 4.69) is 26.4 Å². The lowest BCUT2D eigenvalue weighted by Crippen LogP contribution is -2.24. The Balaban J connectivity index is 1.47. The van der Waals surface area contributed by atoms with Crippen molar-refractivity contribution in [2.75, 3.05) is 29.9 Å². The van der Waals surface area contributed by atoms with Gasteiger partial charge in [-0.3, -0.25) is 4.79 Å². The highest BCUT2D eigenvalue weighted by Crippen LogP contribution is 2.36. The summed E-state index contributed by atoms with van der Waals surface area (Å²) in [5.41, 5.74) is -0.0953. The lowest BCUT2D eigenvalue weighted by Gasteiger charge is -2.26. The number of carbonyl (C=O) groups is 1. The number of hydrogen-bond acceptors (Lipinski definition) is 5. The van der Waals surface area contributed by atoms with E-state index in [1.54, 1.807) is 6.07 Å². The van der Waals surface area contributed by atoms with Crippen molar-refractivity contribution in [3.05, 3.63) is 47.8 Å². The fourth-order valence-corrected chi connectivity index (χ4v) is 4.59. The van der Waals surface area contributed by atoms with Gasteiger partial charge < -0.3 is 24.3 Å². The van der Waals surface area contributed by atoms with Crippen molar-refractivity contribution in [1.29, 1.82) is 0 Å². The van der Waals surface area contributed by atoms with Gasteiger partial charge in [0.05, 0.1) is 29.4 Å². The van der Waals surface area contributed by atoms with Crippen LogP contribution in [0.5, 0.6) is 5.75 Å². The average molecular weight is 477 g/mol. The minimum absolute atomic E-state index is 0.106. The Kier molecular flexibility index (Phi) is 5.62. The van der Waals surface area contributed by atoms with Crippen molar-refractivity contribution in [2.24, 2.45) is 0 Å². The highest BCUT2D eigenvalue weighted by Gasteiger charge is 2.28. The molecular formula is C23H23ClF2N4O3. The molecule has 1 unspecified atom stereocenters. The van der Waals surface area contributed by atoms with Gasteiger partial charge in [0, 0.05) is 35.9 Å². The van der Waals surface area contributed by atoms with Crippen molar-refractivity contribution in [1.82, 2.24) is 9.55 Å². The number of halogens is 3. The van der Waals surface area contributed by atoms with Crippen molar-refractivity contribution < 1.29 is 23.0 Å². The van der Waals surface area contributed by atoms with Crippen LogP contribution in [0, 0.1) is 0 Å². The maximum atomic E-state index is 13.1. The maximum Gasteiger partial charge on any atom is 0.487 e. The highest BCUT2D eigenvalue weighted by atomic mass is 35.5. The summed E-state index contributed by atoms with van der Waals surface area (Å²) in [6.45, 7) is 5.02. The first kappa shape index (κ1) is 21.9. The molecule has 5 rings (SSSR count). The van der Waals surface area contributed by atoms with Crippen molar-refractivity contribution >= 4 is 39.9 Å². The number of imidazole rings is 1. The molecular weight excluding hydrogens is 454 g/mol. The standard InChI is InChI=1S/C23H23ClF2N4O3/c1-14-12-32-13-20-28-18-10-15(11-19(21(18)30(14)20)29-8-2-3-9-29)22(31)27-16-4-6-17(7-5-16)33-23(24,25)26/h4-7,10-11,14H,2-3,8-9,12-13H2,1H3,(H,27,31). The number of nitrogens with one attached hydrogen (secondary N) is 1. The maximum absolute atomic E-state index is 13.1. The predicted octanol–water partition coefficient (Wildman–Crippen LogP) is 5.15. The van der Waals surface area contributed by atoms with Gasteiger partial charge in [-0.15, -0.1) is 8.78 Å². The topological polar surface area (TPSA) is 68.6 Å². The monoisotopic (exact) mass is 476 g/mol. The minimum Gasteiger partial charge on any atom is -0.420 e. The van der Waals surface area contributed by atoms with Crippen LogP contribution in [-0.4, -0.2) is 40.7 Å². The second-order valence-electron chi connectivity index (χ2n) is 8.35. The fraction of sp³-hybridized carbons (Fsp3) is 0.391. The fourth-order valence-electron chi connectivity index (χ4n) is 4.50. The Morgan fingerprint density at radius 3 is 2.67 bits per heavy atom. The number of carbonyl (C=O) groups excluding carboxylic acids is 1. The summed E-state index contributed by atoms with van der Waals surface area (Å²) in [5, 5.41) is 2.81. The summed E-state index contributed by atoms with van der Waals surface area (Å²) in [6.07, 6.45) is 2.21. The van der Waals surface area contributed by atoms with Crippen LogP contribution in [0.15, 0.2) is 36.4 Å². The van der Waals surface area contributed by atoms with E-state index in [0.29, 0.717) is 24.5 Å². The van der Waals surface area contributed by atoms with E-state index in [9.17, 15) is 13.6 Å². The third-order valence-corrected chi connectivity index (χ3v) is 6.00. The zero-order chi connectivity index (χ0) is 23.2. The summed E-state index contributed by atoms with van der Waals surface area (Å²) in [6, 6.07) is 9.43. The third-order valence-electron chi connectivity index (χ3n) is 5.92. The number of hydrogen-bond donors (Lipinski definition) is 1. The summed E-state index contributed by atoms with van der Waals surface area (Å²) in [5.74, 6) is 0.433. The molecule has 3 aromatic rings. The van der Waals surface area contributed by atoms with E-state index < -0.39 is 5.57 Å². The molecule has 1 atom stereocenters. The SMILES string of the molecule is CC1COCc2nc3cc(C(=O)Nc4ccc(OC(F)(F)Cl)cc4)cc(N4CCCC4)c3n21. The predicted molar refractivity (Wildman–Crippen MR) is 121 cm³/mol. The van der Waals surface area contributed by atoms with Gasteiger partial charge in [0.1, 0.15) is 18.2 Å². The Bertz CT molecular complexity index is 1190. The van der Waals surface area contributed by atoms with Gasteiger partial charge in [-0.25, -0.2) is 4.98 Å². The van der Waals surface area contributed by atoms with Crippen molar-refractivity contribution in [3.63, 3.8) is 0 Å². The Morgan fingerprint density at radius 1 is 1.24 bits per heavy atom. The summed E-state index contributed by atoms with van der Waals surface area (Å²) >= 11 is 4.79. The molecule has 1 saturated heterocycles. The third kappa shape index (κ3) is 4.47. The van der Waals surface area contributed by atoms with E-state index in [-0.39, 0.29) is 17.7 Å². The van der Waals surface area contributed by atoms with E-state index in [4.69, 9.17) is 21.3 Å². The van der Waals surface area contributed by atoms with Gasteiger partial charge in [-0.2, -0.15) is 0 Å². The lowest BCUT2D eigenvalue weighted by molar-refractivity contribution is -0.0964. The number of anilines is 2. The van der Waals surface area contributed by atoms with Crippen LogP contribution in [-0.2, 0) is 11.3 Å². The van der Waals surface area contributed by atoms with Crippen LogP contribution in [0.2, 0.25) is 0 Å². The number of ether oxygens (including phenoxy) is 2. The summed E-state index contributed by atoms with van der Waals surface area (Å²) in [4.78, 5) is 20.1. The van der Waals surface area contributed by atoms with Crippen LogP contribution in [0.3, 0.4) is 0 Å². The first-order valence-electron chi connectivity index (χ1n) is 10.8. The van der Waals surface area contributed by atoms with Crippen molar-refractivity contribution in [3.8, 4) is 5.75 Å². The molecule has 10 heteroatoms. The van der Waals surface area contributed by atoms with Crippen LogP contribution < -0.4 is 15.0 Å². The molecule has 1 fully saturated rings. The summed E-state index contributed by atoms with van der Waals surface area (Å²) in [7, 11) is 0. The van der Waals surface area contributed by atoms with Gasteiger partial charge in [0.15, 0.2) is 0 Å². The Morgan fingerprint density at radius 2 is 1.97 bits per heavy atom. The Hall–Kier alpha value is -2.91. The minimum atomic E-state index is -3.79. The van der Waals surface area contributed by atoms with Crippen LogP contribution >= 0.6 is 11.6 Å². The molecule has 0 aliphatic carbocycles. The first-order chi connectivity index (χ1) is 15.8. The van der Waals surface area contributed by atoms with Gasteiger partial charge in [0.2, 0.25) is 0 Å². The Labute approximate surface area is 194 Å². The molecule has 1 aromatic heterocycles. The number of benzene rings is 2. The van der Waals surface area contributed by atoms with Gasteiger partial charge in [0.25, 0.3) is 5.91 Å². The number of fused-ring (bicyclic) bond motifs is 3. The van der Waals surface area contributed by atoms with E-state index in [1.165, 1.54) is 24.3 Å². The number of amides is 1. The molecule has 0 spiro atoms.